The summed E-state index contributed by atoms with van der Waals surface area (Å²) in [5.74, 6) is 0.0728. The van der Waals surface area contributed by atoms with Crippen molar-refractivity contribution in [1.82, 2.24) is 10.2 Å². The summed E-state index contributed by atoms with van der Waals surface area (Å²) in [6.07, 6.45) is 0.960. The van der Waals surface area contributed by atoms with E-state index in [9.17, 15) is 4.79 Å². The molecule has 1 fully saturated rings. The third-order valence-corrected chi connectivity index (χ3v) is 4.21. The fourth-order valence-electron chi connectivity index (χ4n) is 2.05. The first kappa shape index (κ1) is 12.8. The molecule has 1 saturated heterocycles. The van der Waals surface area contributed by atoms with Crippen LogP contribution in [0.15, 0.2) is 12.1 Å². The molecule has 4 nitrogen and oxygen atoms in total. The van der Waals surface area contributed by atoms with E-state index in [1.807, 2.05) is 12.1 Å². The van der Waals surface area contributed by atoms with Gasteiger partial charge in [0.15, 0.2) is 0 Å². The van der Waals surface area contributed by atoms with Gasteiger partial charge < -0.3 is 11.1 Å². The number of amides is 1. The molecule has 6 heteroatoms. The number of hydrogen-bond donors (Lipinski definition) is 2. The smallest absolute Gasteiger partial charge is 0.234 e. The van der Waals surface area contributed by atoms with Crippen LogP contribution in [0.25, 0.3) is 0 Å². The highest BCUT2D eigenvalue weighted by Gasteiger charge is 2.24. The Balaban J connectivity index is 2.14. The van der Waals surface area contributed by atoms with Crippen molar-refractivity contribution in [2.75, 3.05) is 26.2 Å². The molecule has 1 aliphatic rings. The van der Waals surface area contributed by atoms with Crippen molar-refractivity contribution in [1.29, 1.82) is 0 Å². The Labute approximate surface area is 110 Å². The molecule has 0 radical (unpaired) electrons. The predicted molar refractivity (Wildman–Crippen MR) is 70.3 cm³/mol. The zero-order chi connectivity index (χ0) is 12.3. The van der Waals surface area contributed by atoms with Gasteiger partial charge in [0.1, 0.15) is 0 Å². The largest absolute Gasteiger partial charge is 0.355 e. The minimum atomic E-state index is 0.0728. The Morgan fingerprint density at radius 2 is 2.41 bits per heavy atom. The molecule has 2 heterocycles. The zero-order valence-electron chi connectivity index (χ0n) is 9.49. The van der Waals surface area contributed by atoms with Crippen LogP contribution in [0.1, 0.15) is 17.3 Å². The molecule has 0 aromatic carbocycles. The summed E-state index contributed by atoms with van der Waals surface area (Å²) in [5, 5.41) is 2.87. The number of nitrogens with one attached hydrogen (secondary N) is 1. The van der Waals surface area contributed by atoms with Crippen molar-refractivity contribution in [3.8, 4) is 0 Å². The van der Waals surface area contributed by atoms with E-state index in [-0.39, 0.29) is 11.9 Å². The molecule has 1 atom stereocenters. The highest BCUT2D eigenvalue weighted by Crippen LogP contribution is 2.30. The van der Waals surface area contributed by atoms with E-state index < -0.39 is 0 Å². The van der Waals surface area contributed by atoms with Gasteiger partial charge in [-0.2, -0.15) is 0 Å². The summed E-state index contributed by atoms with van der Waals surface area (Å²) >= 11 is 7.48. The molecule has 0 aliphatic carbocycles. The van der Waals surface area contributed by atoms with Gasteiger partial charge in [-0.05, 0) is 18.6 Å². The van der Waals surface area contributed by atoms with E-state index in [0.717, 1.165) is 28.7 Å². The number of thiophene rings is 1. The maximum atomic E-state index is 11.5. The van der Waals surface area contributed by atoms with Gasteiger partial charge in [-0.25, -0.2) is 0 Å². The van der Waals surface area contributed by atoms with Crippen molar-refractivity contribution in [3.05, 3.63) is 21.3 Å². The number of halogens is 1. The maximum Gasteiger partial charge on any atom is 0.234 e. The van der Waals surface area contributed by atoms with Gasteiger partial charge in [-0.1, -0.05) is 11.6 Å². The van der Waals surface area contributed by atoms with E-state index in [4.69, 9.17) is 17.3 Å². The average molecular weight is 274 g/mol. The topological polar surface area (TPSA) is 58.4 Å². The molecule has 0 saturated carbocycles. The number of nitrogens with two attached hydrogens (primary N) is 1. The van der Waals surface area contributed by atoms with Crippen LogP contribution < -0.4 is 11.1 Å². The van der Waals surface area contributed by atoms with E-state index in [1.54, 1.807) is 0 Å². The number of carbonyl (C=O) groups excluding carboxylic acids is 1. The van der Waals surface area contributed by atoms with Crippen LogP contribution in [0.5, 0.6) is 0 Å². The average Bonchev–Trinajstić information content (AvgIpc) is 2.59. The lowest BCUT2D eigenvalue weighted by Gasteiger charge is -2.27. The minimum absolute atomic E-state index is 0.0728. The van der Waals surface area contributed by atoms with Gasteiger partial charge in [0.2, 0.25) is 5.91 Å². The lowest BCUT2D eigenvalue weighted by atomic mass is 10.2. The Hall–Kier alpha value is -0.620. The fraction of sp³-hybridized carbons (Fsp3) is 0.545. The summed E-state index contributed by atoms with van der Waals surface area (Å²) < 4.78 is 0.762. The van der Waals surface area contributed by atoms with Gasteiger partial charge in [-0.3, -0.25) is 9.69 Å². The lowest BCUT2D eigenvalue weighted by molar-refractivity contribution is -0.121. The van der Waals surface area contributed by atoms with Crippen molar-refractivity contribution < 1.29 is 4.79 Å². The number of nitrogens with zero attached hydrogens (tertiary/aromatic N) is 1. The highest BCUT2D eigenvalue weighted by atomic mass is 35.5. The third-order valence-electron chi connectivity index (χ3n) is 2.88. The van der Waals surface area contributed by atoms with Crippen LogP contribution in [-0.2, 0) is 4.79 Å². The van der Waals surface area contributed by atoms with Crippen LogP contribution in [0.2, 0.25) is 4.34 Å². The molecule has 1 unspecified atom stereocenters. The molecule has 0 spiro atoms. The summed E-state index contributed by atoms with van der Waals surface area (Å²) in [6.45, 7) is 2.55. The van der Waals surface area contributed by atoms with E-state index >= 15 is 0 Å². The Kier molecular flexibility index (Phi) is 4.39. The molecule has 2 rings (SSSR count). The van der Waals surface area contributed by atoms with Crippen molar-refractivity contribution in [2.45, 2.75) is 12.5 Å². The number of hydrogen-bond acceptors (Lipinski definition) is 4. The second-order valence-electron chi connectivity index (χ2n) is 4.07. The molecule has 94 valence electrons. The second kappa shape index (κ2) is 5.82. The normalized spacial score (nSPS) is 19.8. The summed E-state index contributed by atoms with van der Waals surface area (Å²) in [6, 6.07) is 3.96. The standard InChI is InChI=1S/C11H16ClN3OS/c12-10-3-2-9(17-10)8(6-13)15-5-1-4-14-11(16)7-15/h2-3,8H,1,4-7,13H2,(H,14,16). The fourth-order valence-corrected chi connectivity index (χ4v) is 3.26. The quantitative estimate of drug-likeness (QED) is 0.871. The van der Waals surface area contributed by atoms with Crippen LogP contribution >= 0.6 is 22.9 Å². The molecule has 3 N–H and O–H groups in total. The summed E-state index contributed by atoms with van der Waals surface area (Å²) in [7, 11) is 0. The van der Waals surface area contributed by atoms with E-state index in [0.29, 0.717) is 13.1 Å². The first-order valence-corrected chi connectivity index (χ1v) is 6.86. The summed E-state index contributed by atoms with van der Waals surface area (Å²) in [4.78, 5) is 14.8. The molecular weight excluding hydrogens is 258 g/mol. The highest BCUT2D eigenvalue weighted by molar-refractivity contribution is 7.16. The molecule has 1 amide bonds. The van der Waals surface area contributed by atoms with Crippen molar-refractivity contribution in [2.24, 2.45) is 5.73 Å². The van der Waals surface area contributed by atoms with Crippen LogP contribution in [0.4, 0.5) is 0 Å². The molecular formula is C11H16ClN3OS. The van der Waals surface area contributed by atoms with E-state index in [2.05, 4.69) is 10.2 Å². The molecule has 1 aromatic rings. The Bertz CT molecular complexity index is 396. The van der Waals surface area contributed by atoms with E-state index in [1.165, 1.54) is 11.3 Å². The van der Waals surface area contributed by atoms with Crippen molar-refractivity contribution >= 4 is 28.8 Å². The second-order valence-corrected chi connectivity index (χ2v) is 5.81. The molecule has 1 aliphatic heterocycles. The summed E-state index contributed by atoms with van der Waals surface area (Å²) in [5.41, 5.74) is 5.83. The molecule has 0 bridgehead atoms. The first-order chi connectivity index (χ1) is 8.20. The van der Waals surface area contributed by atoms with Gasteiger partial charge in [-0.15, -0.1) is 11.3 Å². The maximum absolute atomic E-state index is 11.5. The molecule has 1 aromatic heterocycles. The minimum Gasteiger partial charge on any atom is -0.355 e. The van der Waals surface area contributed by atoms with Gasteiger partial charge in [0.25, 0.3) is 0 Å². The molecule has 17 heavy (non-hydrogen) atoms. The first-order valence-electron chi connectivity index (χ1n) is 5.66. The predicted octanol–water partition coefficient (Wildman–Crippen LogP) is 1.22. The van der Waals surface area contributed by atoms with Crippen molar-refractivity contribution in [3.63, 3.8) is 0 Å². The monoisotopic (exact) mass is 273 g/mol. The number of carbonyl (C=O) groups is 1. The third kappa shape index (κ3) is 3.19. The van der Waals surface area contributed by atoms with Crippen LogP contribution in [0, 0.1) is 0 Å². The van der Waals surface area contributed by atoms with Gasteiger partial charge in [0, 0.05) is 24.5 Å². The number of rotatable bonds is 3. The Morgan fingerprint density at radius 3 is 3.06 bits per heavy atom. The Morgan fingerprint density at radius 1 is 1.59 bits per heavy atom. The lowest BCUT2D eigenvalue weighted by Crippen LogP contribution is -2.38. The SMILES string of the molecule is NCC(c1ccc(Cl)s1)N1CCCNC(=O)C1. The van der Waals surface area contributed by atoms with Gasteiger partial charge in [0.05, 0.1) is 16.9 Å². The van der Waals surface area contributed by atoms with Gasteiger partial charge >= 0.3 is 0 Å². The van der Waals surface area contributed by atoms with Crippen LogP contribution in [-0.4, -0.2) is 37.0 Å². The zero-order valence-corrected chi connectivity index (χ0v) is 11.1. The van der Waals surface area contributed by atoms with Crippen LogP contribution in [0.3, 0.4) is 0 Å².